The average molecular weight is 863 g/mol. The van der Waals surface area contributed by atoms with Crippen molar-refractivity contribution in [1.82, 2.24) is 30.2 Å². The van der Waals surface area contributed by atoms with E-state index in [9.17, 15) is 19.2 Å². The average Bonchev–Trinajstić information content (AvgIpc) is 3.20. The van der Waals surface area contributed by atoms with Gasteiger partial charge in [0.05, 0.1) is 0 Å². The van der Waals surface area contributed by atoms with E-state index >= 15 is 0 Å². The Morgan fingerprint density at radius 3 is 0.934 bits per heavy atom. The Bertz CT molecular complexity index is 1000. The van der Waals surface area contributed by atoms with Crippen LogP contribution in [0.3, 0.4) is 0 Å². The largest absolute Gasteiger partial charge is 0.354 e. The van der Waals surface area contributed by atoms with Gasteiger partial charge >= 0.3 is 0 Å². The summed E-state index contributed by atoms with van der Waals surface area (Å²) in [5.41, 5.74) is 0. The van der Waals surface area contributed by atoms with Crippen molar-refractivity contribution in [1.29, 1.82) is 0 Å². The fraction of sp³-hybridized carbons (Fsp3) is 0.922. The second kappa shape index (κ2) is 39.4. The van der Waals surface area contributed by atoms with Gasteiger partial charge in [0.1, 0.15) is 12.1 Å². The molecule has 0 aromatic carbocycles. The Morgan fingerprint density at radius 1 is 0.377 bits per heavy atom. The number of hydrogen-bond acceptors (Lipinski definition) is 6. The Labute approximate surface area is 378 Å². The van der Waals surface area contributed by atoms with Crippen molar-refractivity contribution in [2.45, 2.75) is 227 Å². The lowest BCUT2D eigenvalue weighted by molar-refractivity contribution is -0.142. The van der Waals surface area contributed by atoms with Gasteiger partial charge in [-0.05, 0) is 91.6 Å². The number of hydrogen-bond donors (Lipinski definition) is 2. The summed E-state index contributed by atoms with van der Waals surface area (Å²) in [6, 6.07) is -0.916. The smallest absolute Gasteiger partial charge is 0.243 e. The lowest BCUT2D eigenvalue weighted by Gasteiger charge is -2.34. The van der Waals surface area contributed by atoms with Crippen LogP contribution in [0.2, 0.25) is 0 Å². The van der Waals surface area contributed by atoms with Crippen LogP contribution in [0.25, 0.3) is 0 Å². The second-order valence-corrected chi connectivity index (χ2v) is 19.4. The van der Waals surface area contributed by atoms with Crippen molar-refractivity contribution in [2.75, 3.05) is 67.5 Å². The minimum Gasteiger partial charge on any atom is -0.354 e. The van der Waals surface area contributed by atoms with Crippen LogP contribution in [0.4, 0.5) is 0 Å². The molecule has 61 heavy (non-hydrogen) atoms. The highest BCUT2D eigenvalue weighted by atomic mass is 16.2. The molecule has 0 saturated carbocycles. The van der Waals surface area contributed by atoms with Gasteiger partial charge in [-0.25, -0.2) is 0 Å². The highest BCUT2D eigenvalue weighted by molar-refractivity contribution is 5.88. The number of carbonyl (C=O) groups excluding carboxylic acids is 4. The molecule has 360 valence electrons. The van der Waals surface area contributed by atoms with Crippen LogP contribution in [0.15, 0.2) is 0 Å². The number of rotatable bonds is 42. The van der Waals surface area contributed by atoms with Crippen molar-refractivity contribution in [3.63, 3.8) is 0 Å². The van der Waals surface area contributed by atoms with Crippen LogP contribution in [0, 0.1) is 11.8 Å². The summed E-state index contributed by atoms with van der Waals surface area (Å²) >= 11 is 0. The third-order valence-corrected chi connectivity index (χ3v) is 12.1. The van der Waals surface area contributed by atoms with Crippen molar-refractivity contribution in [3.8, 4) is 0 Å². The zero-order valence-electron chi connectivity index (χ0n) is 42.1. The molecular weight excluding hydrogens is 761 g/mol. The van der Waals surface area contributed by atoms with Crippen molar-refractivity contribution < 1.29 is 19.2 Å². The number of amides is 4. The minimum atomic E-state index is -0.458. The van der Waals surface area contributed by atoms with Gasteiger partial charge in [-0.1, -0.05) is 164 Å². The first-order chi connectivity index (χ1) is 29.3. The van der Waals surface area contributed by atoms with Gasteiger partial charge in [-0.2, -0.15) is 0 Å². The van der Waals surface area contributed by atoms with Crippen molar-refractivity contribution in [2.24, 2.45) is 11.8 Å². The first-order valence-electron chi connectivity index (χ1n) is 25.7. The van der Waals surface area contributed by atoms with E-state index in [0.717, 1.165) is 83.7 Å². The molecule has 0 spiro atoms. The van der Waals surface area contributed by atoms with Crippen molar-refractivity contribution in [3.05, 3.63) is 0 Å². The summed E-state index contributed by atoms with van der Waals surface area (Å²) in [5.74, 6) is 0.204. The predicted molar refractivity (Wildman–Crippen MR) is 260 cm³/mol. The molecular formula is C51H102N6O4. The molecule has 2 atom stereocenters. The van der Waals surface area contributed by atoms with Crippen LogP contribution in [-0.4, -0.2) is 123 Å². The van der Waals surface area contributed by atoms with E-state index in [0.29, 0.717) is 39.0 Å². The van der Waals surface area contributed by atoms with E-state index < -0.39 is 12.1 Å². The van der Waals surface area contributed by atoms with E-state index in [4.69, 9.17) is 0 Å². The van der Waals surface area contributed by atoms with E-state index in [1.165, 1.54) is 89.9 Å². The lowest BCUT2D eigenvalue weighted by atomic mass is 9.99. The van der Waals surface area contributed by atoms with Crippen LogP contribution < -0.4 is 10.6 Å². The Kier molecular flexibility index (Phi) is 38.0. The summed E-state index contributed by atoms with van der Waals surface area (Å²) in [4.78, 5) is 62.5. The monoisotopic (exact) mass is 863 g/mol. The molecule has 0 aliphatic rings. The molecule has 0 heterocycles. The van der Waals surface area contributed by atoms with Crippen LogP contribution in [0.1, 0.15) is 215 Å². The van der Waals surface area contributed by atoms with Gasteiger partial charge < -0.3 is 30.2 Å². The maximum atomic E-state index is 13.6. The molecule has 0 fully saturated rings. The van der Waals surface area contributed by atoms with E-state index in [-0.39, 0.29) is 35.5 Å². The predicted octanol–water partition coefficient (Wildman–Crippen LogP) is 10.6. The molecule has 4 amide bonds. The summed E-state index contributed by atoms with van der Waals surface area (Å²) < 4.78 is 0. The molecule has 10 nitrogen and oxygen atoms in total. The van der Waals surface area contributed by atoms with E-state index in [1.54, 1.807) is 0 Å². The standard InChI is InChI=1S/C51H102N6O4/c1-11-13-15-17-19-21-23-26-30-36-46(58)56(42-34-40-54(7)8)48(44(3)4)50(60)52-38-32-28-25-29-33-39-53-51(61)49(45(5)6)57(43-35-41-55(9)10)47(59)37-31-27-24-22-20-18-16-14-12-2/h44-45,48-49H,11-43H2,1-10H3,(H,52,60)(H,53,61). The molecule has 0 aromatic rings. The maximum Gasteiger partial charge on any atom is 0.243 e. The normalized spacial score (nSPS) is 12.7. The third-order valence-electron chi connectivity index (χ3n) is 12.1. The summed E-state index contributed by atoms with van der Waals surface area (Å²) in [7, 11) is 8.19. The van der Waals surface area contributed by atoms with Gasteiger partial charge in [0, 0.05) is 39.0 Å². The summed E-state index contributed by atoms with van der Waals surface area (Å²) in [5, 5.41) is 6.36. The molecule has 2 unspecified atom stereocenters. The van der Waals surface area contributed by atoms with Gasteiger partial charge in [0.15, 0.2) is 0 Å². The quantitative estimate of drug-likeness (QED) is 0.0592. The van der Waals surface area contributed by atoms with Crippen LogP contribution in [0.5, 0.6) is 0 Å². The van der Waals surface area contributed by atoms with Gasteiger partial charge in [-0.3, -0.25) is 19.2 Å². The van der Waals surface area contributed by atoms with Gasteiger partial charge in [0.2, 0.25) is 23.6 Å². The first kappa shape index (κ1) is 58.8. The van der Waals surface area contributed by atoms with Gasteiger partial charge in [0.25, 0.3) is 0 Å². The van der Waals surface area contributed by atoms with E-state index in [2.05, 4.69) is 62.0 Å². The Balaban J connectivity index is 4.90. The highest BCUT2D eigenvalue weighted by Gasteiger charge is 2.33. The topological polar surface area (TPSA) is 105 Å². The number of nitrogens with one attached hydrogen (secondary N) is 2. The third kappa shape index (κ3) is 31.3. The SMILES string of the molecule is CCCCCCCCCCCC(=O)N(CCCN(C)C)C(C(=O)NCCCCCCCNC(=O)C(C(C)C)N(CCCN(C)C)C(=O)CCCCCCCCCCC)C(C)C. The first-order valence-corrected chi connectivity index (χ1v) is 25.7. The lowest BCUT2D eigenvalue weighted by Crippen LogP contribution is -2.53. The number of nitrogens with zero attached hydrogens (tertiary/aromatic N) is 4. The van der Waals surface area contributed by atoms with Gasteiger partial charge in [-0.15, -0.1) is 0 Å². The number of carbonyl (C=O) groups is 4. The molecule has 0 aromatic heterocycles. The second-order valence-electron chi connectivity index (χ2n) is 19.4. The number of unbranched alkanes of at least 4 members (excludes halogenated alkanes) is 20. The molecule has 0 aliphatic heterocycles. The zero-order valence-corrected chi connectivity index (χ0v) is 42.1. The van der Waals surface area contributed by atoms with E-state index in [1.807, 2.05) is 38.0 Å². The molecule has 10 heteroatoms. The molecule has 0 rings (SSSR count). The molecule has 0 radical (unpaired) electrons. The highest BCUT2D eigenvalue weighted by Crippen LogP contribution is 2.19. The van der Waals surface area contributed by atoms with Crippen molar-refractivity contribution >= 4 is 23.6 Å². The van der Waals surface area contributed by atoms with Crippen LogP contribution in [-0.2, 0) is 19.2 Å². The molecule has 0 bridgehead atoms. The Hall–Kier alpha value is -2.20. The summed E-state index contributed by atoms with van der Waals surface area (Å²) in [6.45, 7) is 16.9. The minimum absolute atomic E-state index is 0.0277. The zero-order chi connectivity index (χ0) is 45.7. The fourth-order valence-electron chi connectivity index (χ4n) is 8.43. The molecule has 2 N–H and O–H groups in total. The Morgan fingerprint density at radius 2 is 0.656 bits per heavy atom. The molecule has 0 aliphatic carbocycles. The molecule has 0 saturated heterocycles. The fourth-order valence-corrected chi connectivity index (χ4v) is 8.43. The van der Waals surface area contributed by atoms with Crippen LogP contribution >= 0.6 is 0 Å². The maximum absolute atomic E-state index is 13.6. The summed E-state index contributed by atoms with van der Waals surface area (Å²) in [6.07, 6.45) is 29.3.